The van der Waals surface area contributed by atoms with Gasteiger partial charge in [-0.2, -0.15) is 0 Å². The molecular formula is C13H21N3O5S. The van der Waals surface area contributed by atoms with Gasteiger partial charge in [-0.3, -0.25) is 0 Å². The molecule has 1 aliphatic rings. The molecule has 2 heterocycles. The normalized spacial score (nSPS) is 22.8. The summed E-state index contributed by atoms with van der Waals surface area (Å²) in [5, 5.41) is 10.1. The second-order valence-corrected chi connectivity index (χ2v) is 7.13. The zero-order chi connectivity index (χ0) is 16.2. The Bertz CT molecular complexity index is 595. The minimum Gasteiger partial charge on any atom is -0.389 e. The maximum Gasteiger partial charge on any atom is 0.226 e. The fraction of sp³-hybridized carbons (Fsp3) is 0.692. The molecule has 2 rings (SSSR count). The largest absolute Gasteiger partial charge is 0.389 e. The van der Waals surface area contributed by atoms with Crippen LogP contribution >= 0.6 is 0 Å². The first kappa shape index (κ1) is 17.1. The van der Waals surface area contributed by atoms with Gasteiger partial charge in [-0.1, -0.05) is 0 Å². The minimum absolute atomic E-state index is 0.0227. The molecule has 1 aromatic heterocycles. The fourth-order valence-corrected chi connectivity index (χ4v) is 2.82. The average Bonchev–Trinajstić information content (AvgIpc) is 2.48. The van der Waals surface area contributed by atoms with Crippen molar-refractivity contribution in [2.24, 2.45) is 0 Å². The number of hydrogen-bond donors (Lipinski definition) is 1. The van der Waals surface area contributed by atoms with E-state index in [1.807, 2.05) is 0 Å². The molecule has 2 unspecified atom stereocenters. The first-order valence-electron chi connectivity index (χ1n) is 6.98. The molecule has 0 saturated carbocycles. The standard InChI is InChI=1S/C13H21N3O5S/c1-20-7-8-21-11-4-6-16(9-10(11)17)13-14-5-3-12(15-13)22(2,18)19/h3,5,10-11,17H,4,6-9H2,1-2H3. The zero-order valence-electron chi connectivity index (χ0n) is 12.7. The van der Waals surface area contributed by atoms with E-state index in [4.69, 9.17) is 9.47 Å². The molecule has 1 N–H and O–H groups in total. The van der Waals surface area contributed by atoms with E-state index in [-0.39, 0.29) is 11.1 Å². The van der Waals surface area contributed by atoms with Crippen molar-refractivity contribution in [1.82, 2.24) is 9.97 Å². The lowest BCUT2D eigenvalue weighted by atomic mass is 10.1. The van der Waals surface area contributed by atoms with Gasteiger partial charge >= 0.3 is 0 Å². The van der Waals surface area contributed by atoms with E-state index in [0.29, 0.717) is 38.7 Å². The molecule has 1 aliphatic heterocycles. The summed E-state index contributed by atoms with van der Waals surface area (Å²) in [6, 6.07) is 1.36. The summed E-state index contributed by atoms with van der Waals surface area (Å²) < 4.78 is 33.6. The van der Waals surface area contributed by atoms with E-state index in [1.54, 1.807) is 12.0 Å². The molecule has 0 bridgehead atoms. The van der Waals surface area contributed by atoms with Crippen LogP contribution in [-0.4, -0.2) is 75.4 Å². The maximum atomic E-state index is 11.5. The van der Waals surface area contributed by atoms with Gasteiger partial charge in [0.15, 0.2) is 14.9 Å². The van der Waals surface area contributed by atoms with Crippen molar-refractivity contribution < 1.29 is 23.0 Å². The van der Waals surface area contributed by atoms with E-state index in [1.165, 1.54) is 12.3 Å². The summed E-state index contributed by atoms with van der Waals surface area (Å²) in [5.41, 5.74) is 0. The number of anilines is 1. The Hall–Kier alpha value is -1.29. The third-order valence-electron chi connectivity index (χ3n) is 3.42. The Balaban J connectivity index is 2.01. The van der Waals surface area contributed by atoms with Crippen molar-refractivity contribution in [1.29, 1.82) is 0 Å². The molecule has 0 aliphatic carbocycles. The molecule has 2 atom stereocenters. The predicted molar refractivity (Wildman–Crippen MR) is 79.6 cm³/mol. The summed E-state index contributed by atoms with van der Waals surface area (Å²) in [6.45, 7) is 1.79. The summed E-state index contributed by atoms with van der Waals surface area (Å²) in [4.78, 5) is 9.91. The molecule has 0 aromatic carbocycles. The predicted octanol–water partition coefficient (Wildman–Crippen LogP) is -0.517. The lowest BCUT2D eigenvalue weighted by Gasteiger charge is -2.35. The summed E-state index contributed by atoms with van der Waals surface area (Å²) >= 11 is 0. The highest BCUT2D eigenvalue weighted by Crippen LogP contribution is 2.19. The van der Waals surface area contributed by atoms with E-state index in [9.17, 15) is 13.5 Å². The van der Waals surface area contributed by atoms with Crippen LogP contribution in [0.5, 0.6) is 0 Å². The monoisotopic (exact) mass is 331 g/mol. The van der Waals surface area contributed by atoms with E-state index < -0.39 is 15.9 Å². The number of ether oxygens (including phenoxy) is 2. The number of methoxy groups -OCH3 is 1. The number of nitrogens with zero attached hydrogens (tertiary/aromatic N) is 3. The van der Waals surface area contributed by atoms with Gasteiger partial charge in [-0.25, -0.2) is 18.4 Å². The number of rotatable bonds is 6. The first-order chi connectivity index (χ1) is 10.4. The highest BCUT2D eigenvalue weighted by atomic mass is 32.2. The Labute approximate surface area is 130 Å². The van der Waals surface area contributed by atoms with Crippen molar-refractivity contribution in [2.45, 2.75) is 23.7 Å². The summed E-state index contributed by atoms with van der Waals surface area (Å²) in [7, 11) is -1.79. The molecular weight excluding hydrogens is 310 g/mol. The topological polar surface area (TPSA) is 102 Å². The smallest absolute Gasteiger partial charge is 0.226 e. The Morgan fingerprint density at radius 2 is 2.23 bits per heavy atom. The van der Waals surface area contributed by atoms with Crippen molar-refractivity contribution in [3.63, 3.8) is 0 Å². The second kappa shape index (κ2) is 7.32. The van der Waals surface area contributed by atoms with Crippen LogP contribution < -0.4 is 4.90 Å². The Morgan fingerprint density at radius 1 is 1.45 bits per heavy atom. The average molecular weight is 331 g/mol. The number of sulfone groups is 1. The molecule has 124 valence electrons. The van der Waals surface area contributed by atoms with Crippen molar-refractivity contribution in [3.8, 4) is 0 Å². The molecule has 9 heteroatoms. The molecule has 8 nitrogen and oxygen atoms in total. The van der Waals surface area contributed by atoms with Crippen LogP contribution in [0.15, 0.2) is 17.3 Å². The van der Waals surface area contributed by atoms with E-state index >= 15 is 0 Å². The van der Waals surface area contributed by atoms with Crippen LogP contribution in [0.3, 0.4) is 0 Å². The molecule has 1 fully saturated rings. The molecule has 0 spiro atoms. The lowest BCUT2D eigenvalue weighted by Crippen LogP contribution is -2.48. The third kappa shape index (κ3) is 4.35. The third-order valence-corrected chi connectivity index (χ3v) is 4.41. The van der Waals surface area contributed by atoms with E-state index in [2.05, 4.69) is 9.97 Å². The van der Waals surface area contributed by atoms with Crippen LogP contribution in [0.4, 0.5) is 5.95 Å². The summed E-state index contributed by atoms with van der Waals surface area (Å²) in [6.07, 6.45) is 2.17. The number of piperidine rings is 1. The van der Waals surface area contributed by atoms with Crippen LogP contribution in [0.2, 0.25) is 0 Å². The number of aliphatic hydroxyl groups excluding tert-OH is 1. The van der Waals surface area contributed by atoms with Crippen LogP contribution in [0.25, 0.3) is 0 Å². The maximum absolute atomic E-state index is 11.5. The molecule has 0 amide bonds. The number of hydrogen-bond acceptors (Lipinski definition) is 8. The van der Waals surface area contributed by atoms with Gasteiger partial charge in [0.2, 0.25) is 5.95 Å². The molecule has 1 aromatic rings. The van der Waals surface area contributed by atoms with Gasteiger partial charge in [0.25, 0.3) is 0 Å². The van der Waals surface area contributed by atoms with Gasteiger partial charge < -0.3 is 19.5 Å². The highest BCUT2D eigenvalue weighted by Gasteiger charge is 2.29. The summed E-state index contributed by atoms with van der Waals surface area (Å²) in [5.74, 6) is 0.303. The van der Waals surface area contributed by atoms with Crippen molar-refractivity contribution in [2.75, 3.05) is 44.6 Å². The van der Waals surface area contributed by atoms with Crippen LogP contribution in [0, 0.1) is 0 Å². The number of aliphatic hydroxyl groups is 1. The SMILES string of the molecule is COCCOC1CCN(c2nccc(S(C)(=O)=O)n2)CC1O. The zero-order valence-corrected chi connectivity index (χ0v) is 13.5. The Morgan fingerprint density at radius 3 is 2.86 bits per heavy atom. The minimum atomic E-state index is -3.38. The molecule has 22 heavy (non-hydrogen) atoms. The van der Waals surface area contributed by atoms with Gasteiger partial charge in [0.05, 0.1) is 25.4 Å². The van der Waals surface area contributed by atoms with Gasteiger partial charge in [-0.15, -0.1) is 0 Å². The fourth-order valence-electron chi connectivity index (χ4n) is 2.26. The molecule has 1 saturated heterocycles. The first-order valence-corrected chi connectivity index (χ1v) is 8.87. The molecule has 0 radical (unpaired) electrons. The van der Waals surface area contributed by atoms with Gasteiger partial charge in [0.1, 0.15) is 0 Å². The lowest BCUT2D eigenvalue weighted by molar-refractivity contribution is -0.0593. The number of aromatic nitrogens is 2. The van der Waals surface area contributed by atoms with Crippen molar-refractivity contribution >= 4 is 15.8 Å². The van der Waals surface area contributed by atoms with Crippen LogP contribution in [-0.2, 0) is 19.3 Å². The van der Waals surface area contributed by atoms with Gasteiger partial charge in [0, 0.05) is 32.7 Å². The van der Waals surface area contributed by atoms with E-state index in [0.717, 1.165) is 6.26 Å². The van der Waals surface area contributed by atoms with Gasteiger partial charge in [-0.05, 0) is 12.5 Å². The quantitative estimate of drug-likeness (QED) is 0.549. The number of β-amino-alcohol motifs (C(OH)–C–C–N with tert-alkyl or cyclic N) is 1. The highest BCUT2D eigenvalue weighted by molar-refractivity contribution is 7.90. The second-order valence-electron chi connectivity index (χ2n) is 5.17. The Kier molecular flexibility index (Phi) is 5.68. The van der Waals surface area contributed by atoms with Crippen LogP contribution in [0.1, 0.15) is 6.42 Å². The van der Waals surface area contributed by atoms with Crippen molar-refractivity contribution in [3.05, 3.63) is 12.3 Å².